The molecule has 3 N–H and O–H groups in total. The summed E-state index contributed by atoms with van der Waals surface area (Å²) in [6, 6.07) is 51.6. The zero-order valence-electron chi connectivity index (χ0n) is 42.0. The van der Waals surface area contributed by atoms with Crippen molar-refractivity contribution in [3.63, 3.8) is 0 Å². The van der Waals surface area contributed by atoms with Crippen molar-refractivity contribution in [3.05, 3.63) is 229 Å². The van der Waals surface area contributed by atoms with Crippen molar-refractivity contribution < 1.29 is 16.8 Å². The molecule has 0 aliphatic rings. The van der Waals surface area contributed by atoms with Crippen molar-refractivity contribution in [1.82, 2.24) is 48.7 Å². The Kier molecular flexibility index (Phi) is 13.0. The van der Waals surface area contributed by atoms with E-state index in [0.29, 0.717) is 34.2 Å². The maximum atomic E-state index is 13.4. The summed E-state index contributed by atoms with van der Waals surface area (Å²) in [5.74, 6) is 0.573. The Bertz CT molecular complexity index is 3880. The fourth-order valence-corrected chi connectivity index (χ4v) is 11.0. The van der Waals surface area contributed by atoms with Gasteiger partial charge >= 0.3 is 0 Å². The zero-order valence-corrected chi connectivity index (χ0v) is 43.7. The van der Waals surface area contributed by atoms with Crippen LogP contribution in [0.5, 0.6) is 0 Å². The molecule has 0 saturated heterocycles. The third-order valence-corrected chi connectivity index (χ3v) is 15.6. The number of aromatic amines is 1. The standard InChI is InChI=1S/C38H34N6O2S.C19H20N6O2S/c1-37(2,3)28-19-21-32(22-20-28)47(45,46)42-35-23-24-39-36-25-33(41-44(35)36)34-26-43(27-40-34)38(29-13-7-4-8-14-29,30-15-9-5-10-16-30)31-17-11-6-12-18-31;1-19(2,3)13-4-6-14(7-5-13)28(26,27)24-17-8-9-21-18-10-15(23-25(17)18)16-11-20-12-22-16/h4-27,42H,1-3H3;4-12,24H,1-3H3,(H,20,22). The Morgan fingerprint density at radius 2 is 0.907 bits per heavy atom. The number of nitrogens with one attached hydrogen (secondary N) is 3. The largest absolute Gasteiger partial charge is 0.343 e. The first-order valence-corrected chi connectivity index (χ1v) is 27.0. The van der Waals surface area contributed by atoms with Crippen LogP contribution in [0, 0.1) is 0 Å². The predicted octanol–water partition coefficient (Wildman–Crippen LogP) is 10.7. The topological polar surface area (TPSA) is 199 Å². The molecule has 75 heavy (non-hydrogen) atoms. The molecule has 0 atom stereocenters. The number of imidazole rings is 2. The average molecular weight is 1040 g/mol. The molecule has 0 fully saturated rings. The molecule has 18 heteroatoms. The lowest BCUT2D eigenvalue weighted by atomic mass is 9.77. The lowest BCUT2D eigenvalue weighted by Crippen LogP contribution is -2.36. The van der Waals surface area contributed by atoms with E-state index in [4.69, 9.17) is 10.1 Å². The molecule has 378 valence electrons. The summed E-state index contributed by atoms with van der Waals surface area (Å²) in [7, 11) is -7.66. The third-order valence-electron chi connectivity index (χ3n) is 12.8. The molecule has 0 amide bonds. The normalized spacial score (nSPS) is 12.3. The van der Waals surface area contributed by atoms with Crippen molar-refractivity contribution in [1.29, 1.82) is 0 Å². The molecule has 0 bridgehead atoms. The Morgan fingerprint density at radius 3 is 1.32 bits per heavy atom. The first-order chi connectivity index (χ1) is 35.9. The van der Waals surface area contributed by atoms with Crippen LogP contribution in [0.4, 0.5) is 11.6 Å². The van der Waals surface area contributed by atoms with Crippen LogP contribution >= 0.6 is 0 Å². The van der Waals surface area contributed by atoms with Gasteiger partial charge in [0.25, 0.3) is 20.0 Å². The van der Waals surface area contributed by atoms with E-state index >= 15 is 0 Å². The summed E-state index contributed by atoms with van der Waals surface area (Å²) in [6.45, 7) is 12.5. The van der Waals surface area contributed by atoms with Gasteiger partial charge in [-0.1, -0.05) is 157 Å². The van der Waals surface area contributed by atoms with Crippen molar-refractivity contribution in [2.75, 3.05) is 9.44 Å². The highest BCUT2D eigenvalue weighted by atomic mass is 32.2. The Morgan fingerprint density at radius 1 is 0.480 bits per heavy atom. The smallest absolute Gasteiger partial charge is 0.263 e. The Hall–Kier alpha value is -8.74. The second-order valence-electron chi connectivity index (χ2n) is 20.0. The van der Waals surface area contributed by atoms with Crippen LogP contribution in [0.1, 0.15) is 69.4 Å². The van der Waals surface area contributed by atoms with E-state index in [1.54, 1.807) is 67.3 Å². The van der Waals surface area contributed by atoms with Gasteiger partial charge in [0, 0.05) is 30.7 Å². The number of hydrogen-bond donors (Lipinski definition) is 3. The van der Waals surface area contributed by atoms with Crippen molar-refractivity contribution in [2.45, 2.75) is 67.7 Å². The summed E-state index contributed by atoms with van der Waals surface area (Å²) >= 11 is 0. The number of nitrogens with zero attached hydrogens (tertiary/aromatic N) is 9. The second-order valence-corrected chi connectivity index (χ2v) is 23.3. The number of anilines is 2. The summed E-state index contributed by atoms with van der Waals surface area (Å²) < 4.78 is 62.9. The summed E-state index contributed by atoms with van der Waals surface area (Å²) in [5.41, 5.74) is 7.99. The van der Waals surface area contributed by atoms with E-state index in [1.165, 1.54) is 15.2 Å². The number of hydrogen-bond acceptors (Lipinski definition) is 10. The lowest BCUT2D eigenvalue weighted by molar-refractivity contribution is 0.515. The van der Waals surface area contributed by atoms with Crippen LogP contribution in [0.25, 0.3) is 34.1 Å². The van der Waals surface area contributed by atoms with Crippen LogP contribution in [0.2, 0.25) is 0 Å². The summed E-state index contributed by atoms with van der Waals surface area (Å²) in [5, 5.41) is 9.21. The van der Waals surface area contributed by atoms with Gasteiger partial charge in [-0.05, 0) is 75.0 Å². The first kappa shape index (κ1) is 49.8. The van der Waals surface area contributed by atoms with Crippen molar-refractivity contribution in [2.24, 2.45) is 0 Å². The van der Waals surface area contributed by atoms with Crippen LogP contribution < -0.4 is 9.44 Å². The predicted molar refractivity (Wildman–Crippen MR) is 291 cm³/mol. The van der Waals surface area contributed by atoms with Crippen molar-refractivity contribution in [3.8, 4) is 22.8 Å². The highest BCUT2D eigenvalue weighted by Gasteiger charge is 2.38. The van der Waals surface area contributed by atoms with Gasteiger partial charge in [0.15, 0.2) is 11.3 Å². The molecular formula is C57H54N12O4S2. The van der Waals surface area contributed by atoms with E-state index in [0.717, 1.165) is 33.5 Å². The van der Waals surface area contributed by atoms with Gasteiger partial charge < -0.3 is 9.55 Å². The van der Waals surface area contributed by atoms with E-state index < -0.39 is 25.6 Å². The fraction of sp³-hybridized carbons (Fsp3) is 0.158. The number of H-pyrrole nitrogens is 1. The minimum Gasteiger partial charge on any atom is -0.343 e. The van der Waals surface area contributed by atoms with Crippen LogP contribution in [-0.2, 0) is 36.4 Å². The summed E-state index contributed by atoms with van der Waals surface area (Å²) in [4.78, 5) is 20.8. The average Bonchev–Trinajstić information content (AvgIpc) is 4.26. The van der Waals surface area contributed by atoms with Gasteiger partial charge in [-0.15, -0.1) is 0 Å². The second kappa shape index (κ2) is 19.6. The Balaban J connectivity index is 0.000000195. The van der Waals surface area contributed by atoms with Crippen LogP contribution in [-0.4, -0.2) is 65.6 Å². The maximum Gasteiger partial charge on any atom is 0.263 e. The minimum absolute atomic E-state index is 0.0505. The molecule has 0 radical (unpaired) electrons. The van der Waals surface area contributed by atoms with Gasteiger partial charge in [0.2, 0.25) is 0 Å². The molecule has 0 aliphatic heterocycles. The number of aromatic nitrogens is 10. The van der Waals surface area contributed by atoms with Gasteiger partial charge in [-0.25, -0.2) is 36.8 Å². The molecule has 0 aliphatic carbocycles. The highest BCUT2D eigenvalue weighted by Crippen LogP contribution is 2.41. The first-order valence-electron chi connectivity index (χ1n) is 24.1. The molecule has 11 rings (SSSR count). The van der Waals surface area contributed by atoms with Crippen molar-refractivity contribution >= 4 is 43.0 Å². The molecule has 5 aromatic carbocycles. The quantitative estimate of drug-likeness (QED) is 0.0989. The van der Waals surface area contributed by atoms with Crippen LogP contribution in [0.3, 0.4) is 0 Å². The third kappa shape index (κ3) is 10.0. The van der Waals surface area contributed by atoms with E-state index in [1.807, 2.05) is 91.4 Å². The van der Waals surface area contributed by atoms with E-state index in [-0.39, 0.29) is 26.4 Å². The summed E-state index contributed by atoms with van der Waals surface area (Å²) in [6.07, 6.45) is 10.1. The number of sulfonamides is 2. The van der Waals surface area contributed by atoms with Crippen LogP contribution in [0.15, 0.2) is 211 Å². The number of fused-ring (bicyclic) bond motifs is 2. The molecule has 0 unspecified atom stereocenters. The highest BCUT2D eigenvalue weighted by molar-refractivity contribution is 7.93. The molecule has 0 saturated carbocycles. The van der Waals surface area contributed by atoms with E-state index in [9.17, 15) is 16.8 Å². The van der Waals surface area contributed by atoms with Gasteiger partial charge in [0.1, 0.15) is 34.3 Å². The van der Waals surface area contributed by atoms with E-state index in [2.05, 4.69) is 117 Å². The van der Waals surface area contributed by atoms with Gasteiger partial charge in [-0.3, -0.25) is 9.44 Å². The molecule has 6 heterocycles. The maximum absolute atomic E-state index is 13.4. The molecule has 6 aromatic heterocycles. The lowest BCUT2D eigenvalue weighted by Gasteiger charge is -2.37. The molecule has 0 spiro atoms. The number of benzene rings is 5. The fourth-order valence-electron chi connectivity index (χ4n) is 8.88. The SMILES string of the molecule is CC(C)(C)c1ccc(S(=O)(=O)Nc2ccnc3cc(-c4cn(C(c5ccccc5)(c5ccccc5)c5ccccc5)cn4)nn23)cc1.CC(C)(C)c1ccc(S(=O)(=O)Nc2ccnc3cc(-c4cnc[nH]4)nn23)cc1. The molecule has 11 aromatic rings. The van der Waals surface area contributed by atoms with Gasteiger partial charge in [-0.2, -0.15) is 19.2 Å². The molecule has 16 nitrogen and oxygen atoms in total. The molecular weight excluding hydrogens is 981 g/mol. The van der Waals surface area contributed by atoms with Gasteiger partial charge in [0.05, 0.1) is 34.3 Å². The monoisotopic (exact) mass is 1030 g/mol. The Labute approximate surface area is 435 Å². The minimum atomic E-state index is -3.89. The number of rotatable bonds is 12. The zero-order chi connectivity index (χ0) is 52.6.